The third-order valence-corrected chi connectivity index (χ3v) is 2.35. The van der Waals surface area contributed by atoms with Crippen LogP contribution in [-0.4, -0.2) is 38.8 Å². The summed E-state index contributed by atoms with van der Waals surface area (Å²) in [4.78, 5) is 2.21. The highest BCUT2D eigenvalue weighted by Gasteiger charge is 2.21. The van der Waals surface area contributed by atoms with Gasteiger partial charge in [0, 0.05) is 26.1 Å². The summed E-state index contributed by atoms with van der Waals surface area (Å²) in [5, 5.41) is 0. The van der Waals surface area contributed by atoms with Crippen molar-refractivity contribution >= 4 is 0 Å². The van der Waals surface area contributed by atoms with Crippen molar-refractivity contribution in [1.82, 2.24) is 4.90 Å². The summed E-state index contributed by atoms with van der Waals surface area (Å²) in [7, 11) is 3.71. The number of piperidine rings is 1. The molecule has 1 unspecified atom stereocenters. The second kappa shape index (κ2) is 12.7. The molecule has 0 aromatic carbocycles. The van der Waals surface area contributed by atoms with Crippen LogP contribution in [0.1, 0.15) is 34.1 Å². The minimum absolute atomic E-state index is 0.249. The highest BCUT2D eigenvalue weighted by molar-refractivity contribution is 5.07. The first-order chi connectivity index (χ1) is 7.77. The van der Waals surface area contributed by atoms with E-state index in [4.69, 9.17) is 4.74 Å². The number of rotatable bonds is 2. The second-order valence-electron chi connectivity index (χ2n) is 3.35. The molecule has 1 saturated heterocycles. The van der Waals surface area contributed by atoms with Gasteiger partial charge in [0.1, 0.15) is 0 Å². The van der Waals surface area contributed by atoms with Gasteiger partial charge in [0.2, 0.25) is 0 Å². The van der Waals surface area contributed by atoms with Crippen molar-refractivity contribution in [2.24, 2.45) is 5.92 Å². The van der Waals surface area contributed by atoms with Crippen LogP contribution in [0.4, 0.5) is 4.39 Å². The standard InChI is InChI=1S/C9H16FNO.2C2H6/c1-11-4-3-8(5-10)9(6-11)7-12-2;2*1-2/h5,9H,3-4,6-7H2,1-2H3;2*1-2H3/b8-5+;;. The fourth-order valence-corrected chi connectivity index (χ4v) is 1.61. The Morgan fingerprint density at radius 1 is 1.38 bits per heavy atom. The zero-order chi connectivity index (χ0) is 13.0. The molecule has 1 fully saturated rings. The van der Waals surface area contributed by atoms with Gasteiger partial charge in [-0.1, -0.05) is 27.7 Å². The first-order valence-corrected chi connectivity index (χ1v) is 6.24. The number of methoxy groups -OCH3 is 1. The van der Waals surface area contributed by atoms with Crippen molar-refractivity contribution in [2.75, 3.05) is 33.9 Å². The molecule has 16 heavy (non-hydrogen) atoms. The predicted molar refractivity (Wildman–Crippen MR) is 69.4 cm³/mol. The maximum absolute atomic E-state index is 12.3. The lowest BCUT2D eigenvalue weighted by atomic mass is 9.94. The van der Waals surface area contributed by atoms with E-state index in [1.165, 1.54) is 0 Å². The summed E-state index contributed by atoms with van der Waals surface area (Å²) in [6.07, 6.45) is 1.58. The average molecular weight is 233 g/mol. The Hall–Kier alpha value is -0.410. The number of nitrogens with zero attached hydrogens (tertiary/aromatic N) is 1. The van der Waals surface area contributed by atoms with Crippen molar-refractivity contribution < 1.29 is 9.13 Å². The third kappa shape index (κ3) is 6.96. The summed E-state index contributed by atoms with van der Waals surface area (Å²) in [5.74, 6) is 0.249. The van der Waals surface area contributed by atoms with Crippen LogP contribution in [0.3, 0.4) is 0 Å². The molecule has 0 bridgehead atoms. The lowest BCUT2D eigenvalue weighted by molar-refractivity contribution is 0.129. The molecule has 0 saturated carbocycles. The minimum atomic E-state index is 0.249. The SMILES string of the molecule is CC.CC.COCC1CN(C)CC/C1=C\F. The smallest absolute Gasteiger partial charge is 0.0863 e. The van der Waals surface area contributed by atoms with Crippen LogP contribution in [0.15, 0.2) is 11.9 Å². The fourth-order valence-electron chi connectivity index (χ4n) is 1.61. The largest absolute Gasteiger partial charge is 0.384 e. The van der Waals surface area contributed by atoms with E-state index in [9.17, 15) is 4.39 Å². The molecule has 3 heteroatoms. The van der Waals surface area contributed by atoms with Crippen LogP contribution in [-0.2, 0) is 4.74 Å². The summed E-state index contributed by atoms with van der Waals surface area (Å²) >= 11 is 0. The van der Waals surface area contributed by atoms with Gasteiger partial charge < -0.3 is 9.64 Å². The highest BCUT2D eigenvalue weighted by atomic mass is 19.1. The third-order valence-electron chi connectivity index (χ3n) is 2.35. The first kappa shape index (κ1) is 18.0. The molecule has 1 rings (SSSR count). The lowest BCUT2D eigenvalue weighted by Crippen LogP contribution is -2.35. The van der Waals surface area contributed by atoms with Crippen molar-refractivity contribution in [3.63, 3.8) is 0 Å². The molecule has 2 nitrogen and oxygen atoms in total. The number of halogens is 1. The van der Waals surface area contributed by atoms with E-state index in [2.05, 4.69) is 11.9 Å². The monoisotopic (exact) mass is 233 g/mol. The molecule has 0 spiro atoms. The van der Waals surface area contributed by atoms with E-state index in [1.54, 1.807) is 7.11 Å². The van der Waals surface area contributed by atoms with Gasteiger partial charge in [-0.15, -0.1) is 0 Å². The average Bonchev–Trinajstić information content (AvgIpc) is 2.35. The van der Waals surface area contributed by atoms with E-state index in [0.717, 1.165) is 31.4 Å². The second-order valence-corrected chi connectivity index (χ2v) is 3.35. The van der Waals surface area contributed by atoms with Gasteiger partial charge >= 0.3 is 0 Å². The Morgan fingerprint density at radius 2 is 1.94 bits per heavy atom. The van der Waals surface area contributed by atoms with Crippen LogP contribution < -0.4 is 0 Å². The summed E-state index contributed by atoms with van der Waals surface area (Å²) < 4.78 is 17.4. The van der Waals surface area contributed by atoms with Crippen molar-refractivity contribution in [1.29, 1.82) is 0 Å². The molecule has 0 aliphatic carbocycles. The molecule has 0 aromatic rings. The van der Waals surface area contributed by atoms with Crippen molar-refractivity contribution in [2.45, 2.75) is 34.1 Å². The first-order valence-electron chi connectivity index (χ1n) is 6.24. The predicted octanol–water partition coefficient (Wildman–Crippen LogP) is 3.49. The fraction of sp³-hybridized carbons (Fsp3) is 0.846. The molecule has 1 aliphatic heterocycles. The quantitative estimate of drug-likeness (QED) is 0.724. The Kier molecular flexibility index (Phi) is 14.2. The topological polar surface area (TPSA) is 12.5 Å². The summed E-state index contributed by atoms with van der Waals surface area (Å²) in [6.45, 7) is 10.5. The van der Waals surface area contributed by atoms with Gasteiger partial charge in [-0.25, -0.2) is 4.39 Å². The maximum atomic E-state index is 12.3. The number of hydrogen-bond donors (Lipinski definition) is 0. The molecule has 98 valence electrons. The molecule has 1 atom stereocenters. The molecule has 0 aromatic heterocycles. The number of hydrogen-bond acceptors (Lipinski definition) is 2. The normalized spacial score (nSPS) is 22.9. The Balaban J connectivity index is 0. The molecular weight excluding hydrogens is 205 g/mol. The van der Waals surface area contributed by atoms with E-state index in [1.807, 2.05) is 27.7 Å². The molecule has 0 amide bonds. The zero-order valence-corrected chi connectivity index (χ0v) is 11.7. The zero-order valence-electron chi connectivity index (χ0n) is 11.7. The lowest BCUT2D eigenvalue weighted by Gasteiger charge is -2.30. The molecular formula is C13H28FNO. The van der Waals surface area contributed by atoms with E-state index >= 15 is 0 Å². The molecule has 0 N–H and O–H groups in total. The number of likely N-dealkylation sites (tertiary alicyclic amines) is 1. The Bertz CT molecular complexity index is 171. The molecule has 1 aliphatic rings. The van der Waals surface area contributed by atoms with Gasteiger partial charge in [-0.3, -0.25) is 0 Å². The van der Waals surface area contributed by atoms with Gasteiger partial charge in [0.05, 0.1) is 12.9 Å². The molecule has 0 radical (unpaired) electrons. The molecule has 1 heterocycles. The van der Waals surface area contributed by atoms with Crippen LogP contribution in [0.5, 0.6) is 0 Å². The van der Waals surface area contributed by atoms with E-state index in [0.29, 0.717) is 6.61 Å². The minimum Gasteiger partial charge on any atom is -0.384 e. The van der Waals surface area contributed by atoms with Gasteiger partial charge in [0.25, 0.3) is 0 Å². The van der Waals surface area contributed by atoms with Crippen molar-refractivity contribution in [3.8, 4) is 0 Å². The highest BCUT2D eigenvalue weighted by Crippen LogP contribution is 2.22. The van der Waals surface area contributed by atoms with E-state index < -0.39 is 0 Å². The van der Waals surface area contributed by atoms with Gasteiger partial charge in [0.15, 0.2) is 0 Å². The van der Waals surface area contributed by atoms with E-state index in [-0.39, 0.29) is 5.92 Å². The van der Waals surface area contributed by atoms with Crippen LogP contribution >= 0.6 is 0 Å². The maximum Gasteiger partial charge on any atom is 0.0863 e. The van der Waals surface area contributed by atoms with Crippen LogP contribution in [0, 0.1) is 5.92 Å². The summed E-state index contributed by atoms with van der Waals surface area (Å²) in [5.41, 5.74) is 0.898. The Morgan fingerprint density at radius 3 is 2.38 bits per heavy atom. The summed E-state index contributed by atoms with van der Waals surface area (Å²) in [6, 6.07) is 0. The Labute approximate surface area is 100 Å². The van der Waals surface area contributed by atoms with Gasteiger partial charge in [-0.2, -0.15) is 0 Å². The van der Waals surface area contributed by atoms with Crippen LogP contribution in [0.2, 0.25) is 0 Å². The van der Waals surface area contributed by atoms with Crippen LogP contribution in [0.25, 0.3) is 0 Å². The van der Waals surface area contributed by atoms with Crippen molar-refractivity contribution in [3.05, 3.63) is 11.9 Å². The van der Waals surface area contributed by atoms with Gasteiger partial charge in [-0.05, 0) is 19.0 Å². The number of ether oxygens (including phenoxy) is 1.